The third-order valence-electron chi connectivity index (χ3n) is 4.91. The van der Waals surface area contributed by atoms with Gasteiger partial charge >= 0.3 is 0 Å². The van der Waals surface area contributed by atoms with E-state index in [2.05, 4.69) is 77.2 Å². The molecule has 0 bridgehead atoms. The van der Waals surface area contributed by atoms with Crippen molar-refractivity contribution in [3.8, 4) is 5.75 Å². The molecule has 1 heterocycles. The fraction of sp³-hybridized carbons (Fsp3) is 0.130. The molecule has 4 aromatic rings. The minimum absolute atomic E-state index is 0.156. The Morgan fingerprint density at radius 3 is 2.15 bits per heavy atom. The maximum absolute atomic E-state index is 5.33. The van der Waals surface area contributed by atoms with Gasteiger partial charge in [-0.2, -0.15) is 0 Å². The van der Waals surface area contributed by atoms with Crippen LogP contribution >= 0.6 is 0 Å². The van der Waals surface area contributed by atoms with Crippen LogP contribution in [0.5, 0.6) is 5.75 Å². The first-order chi connectivity index (χ1) is 12.8. The lowest BCUT2D eigenvalue weighted by atomic mass is 9.85. The molecule has 0 radical (unpaired) electrons. The molecule has 0 spiro atoms. The normalized spacial score (nSPS) is 12.1. The number of benzene rings is 3. The molecule has 0 saturated carbocycles. The number of methoxy groups -OCH3 is 1. The minimum Gasteiger partial charge on any atom is -0.497 e. The number of fused-ring (bicyclic) bond motifs is 1. The molecule has 0 saturated heterocycles. The molecule has 0 amide bonds. The van der Waals surface area contributed by atoms with E-state index in [1.807, 2.05) is 19.2 Å². The van der Waals surface area contributed by atoms with Gasteiger partial charge < -0.3 is 15.0 Å². The Morgan fingerprint density at radius 1 is 0.846 bits per heavy atom. The summed E-state index contributed by atoms with van der Waals surface area (Å²) in [6, 6.07) is 25.5. The van der Waals surface area contributed by atoms with E-state index in [0.29, 0.717) is 0 Å². The largest absolute Gasteiger partial charge is 0.497 e. The fourth-order valence-electron chi connectivity index (χ4n) is 3.52. The Labute approximate surface area is 153 Å². The van der Waals surface area contributed by atoms with Crippen molar-refractivity contribution in [2.24, 2.45) is 0 Å². The number of anilines is 1. The van der Waals surface area contributed by atoms with Gasteiger partial charge in [0.1, 0.15) is 5.75 Å². The molecule has 0 aliphatic heterocycles. The van der Waals surface area contributed by atoms with E-state index < -0.39 is 0 Å². The highest BCUT2D eigenvalue weighted by Gasteiger charge is 2.20. The number of hydrogen-bond acceptors (Lipinski definition) is 2. The van der Waals surface area contributed by atoms with Crippen LogP contribution in [0.3, 0.4) is 0 Å². The predicted molar refractivity (Wildman–Crippen MR) is 108 cm³/mol. The molecule has 1 aromatic heterocycles. The van der Waals surface area contributed by atoms with Crippen LogP contribution in [0.15, 0.2) is 79.0 Å². The van der Waals surface area contributed by atoms with Crippen LogP contribution in [-0.4, -0.2) is 19.1 Å². The van der Waals surface area contributed by atoms with Crippen LogP contribution in [0.4, 0.5) is 5.69 Å². The molecule has 1 unspecified atom stereocenters. The summed E-state index contributed by atoms with van der Waals surface area (Å²) in [7, 11) is 3.64. The molecule has 3 aromatic carbocycles. The summed E-state index contributed by atoms with van der Waals surface area (Å²) in [6.07, 6.45) is 2.13. The Kier molecular flexibility index (Phi) is 4.36. The molecule has 26 heavy (non-hydrogen) atoms. The van der Waals surface area contributed by atoms with Crippen LogP contribution < -0.4 is 10.1 Å². The second-order valence-corrected chi connectivity index (χ2v) is 6.37. The fourth-order valence-corrected chi connectivity index (χ4v) is 3.52. The van der Waals surface area contributed by atoms with Crippen molar-refractivity contribution in [3.63, 3.8) is 0 Å². The number of aromatic amines is 1. The monoisotopic (exact) mass is 342 g/mol. The molecule has 0 fully saturated rings. The summed E-state index contributed by atoms with van der Waals surface area (Å²) in [5.74, 6) is 1.03. The lowest BCUT2D eigenvalue weighted by molar-refractivity contribution is 0.414. The number of nitrogens with one attached hydrogen (secondary N) is 2. The lowest BCUT2D eigenvalue weighted by Gasteiger charge is -2.19. The van der Waals surface area contributed by atoms with E-state index in [0.717, 1.165) is 17.0 Å². The number of aromatic nitrogens is 1. The van der Waals surface area contributed by atoms with Crippen molar-refractivity contribution in [2.75, 3.05) is 19.5 Å². The van der Waals surface area contributed by atoms with Gasteiger partial charge in [-0.05, 0) is 47.0 Å². The van der Waals surface area contributed by atoms with Crippen LogP contribution in [0, 0.1) is 0 Å². The minimum atomic E-state index is 0.156. The number of rotatable bonds is 5. The average Bonchev–Trinajstić information content (AvgIpc) is 3.13. The van der Waals surface area contributed by atoms with Crippen molar-refractivity contribution in [1.82, 2.24) is 4.98 Å². The van der Waals surface area contributed by atoms with E-state index in [9.17, 15) is 0 Å². The Morgan fingerprint density at radius 2 is 1.50 bits per heavy atom. The van der Waals surface area contributed by atoms with E-state index in [4.69, 9.17) is 4.74 Å². The maximum atomic E-state index is 5.33. The highest BCUT2D eigenvalue weighted by molar-refractivity contribution is 5.84. The number of H-pyrrole nitrogens is 1. The summed E-state index contributed by atoms with van der Waals surface area (Å²) in [5, 5.41) is 4.45. The van der Waals surface area contributed by atoms with Crippen molar-refractivity contribution in [1.29, 1.82) is 0 Å². The average molecular weight is 342 g/mol. The molecular weight excluding hydrogens is 320 g/mol. The van der Waals surface area contributed by atoms with Crippen LogP contribution in [-0.2, 0) is 0 Å². The van der Waals surface area contributed by atoms with E-state index in [-0.39, 0.29) is 5.92 Å². The van der Waals surface area contributed by atoms with Crippen molar-refractivity contribution in [3.05, 3.63) is 95.7 Å². The second-order valence-electron chi connectivity index (χ2n) is 6.37. The van der Waals surface area contributed by atoms with Crippen LogP contribution in [0.1, 0.15) is 22.6 Å². The summed E-state index contributed by atoms with van der Waals surface area (Å²) in [6.45, 7) is 0. The summed E-state index contributed by atoms with van der Waals surface area (Å²) < 4.78 is 5.33. The Bertz CT molecular complexity index is 953. The van der Waals surface area contributed by atoms with Crippen LogP contribution in [0.25, 0.3) is 10.9 Å². The second kappa shape index (κ2) is 6.96. The molecule has 0 aliphatic rings. The molecule has 3 heteroatoms. The lowest BCUT2D eigenvalue weighted by Crippen LogP contribution is -2.03. The molecule has 2 N–H and O–H groups in total. The van der Waals surface area contributed by atoms with E-state index in [1.165, 1.54) is 22.1 Å². The summed E-state index contributed by atoms with van der Waals surface area (Å²) in [4.78, 5) is 3.42. The number of hydrogen-bond donors (Lipinski definition) is 2. The first-order valence-corrected chi connectivity index (χ1v) is 8.78. The Hall–Kier alpha value is -3.20. The van der Waals surface area contributed by atoms with E-state index >= 15 is 0 Å². The molecule has 3 nitrogen and oxygen atoms in total. The maximum Gasteiger partial charge on any atom is 0.118 e. The standard InChI is InChI=1S/C23H22N2O/c1-24-18-11-7-16(8-12-18)23(17-9-13-19(26-2)14-10-17)21-15-25-22-6-4-3-5-20(21)22/h3-15,23-25H,1-2H3. The van der Waals surface area contributed by atoms with E-state index in [1.54, 1.807) is 7.11 Å². The SMILES string of the molecule is CNc1ccc(C(c2ccc(OC)cc2)c2c[nH]c3ccccc23)cc1. The predicted octanol–water partition coefficient (Wildman–Crippen LogP) is 5.40. The molecule has 4 rings (SSSR count). The van der Waals surface area contributed by atoms with Gasteiger partial charge in [0.15, 0.2) is 0 Å². The zero-order valence-corrected chi connectivity index (χ0v) is 15.0. The van der Waals surface area contributed by atoms with Gasteiger partial charge in [-0.15, -0.1) is 0 Å². The Balaban J connectivity index is 1.87. The smallest absolute Gasteiger partial charge is 0.118 e. The highest BCUT2D eigenvalue weighted by atomic mass is 16.5. The summed E-state index contributed by atoms with van der Waals surface area (Å²) in [5.41, 5.74) is 6.06. The third kappa shape index (κ3) is 2.93. The van der Waals surface area contributed by atoms with Gasteiger partial charge in [0.2, 0.25) is 0 Å². The van der Waals surface area contributed by atoms with Crippen molar-refractivity contribution < 1.29 is 4.74 Å². The molecular formula is C23H22N2O. The first-order valence-electron chi connectivity index (χ1n) is 8.78. The van der Waals surface area contributed by atoms with Gasteiger partial charge in [-0.3, -0.25) is 0 Å². The van der Waals surface area contributed by atoms with Gasteiger partial charge in [0.25, 0.3) is 0 Å². The van der Waals surface area contributed by atoms with Gasteiger partial charge in [0.05, 0.1) is 7.11 Å². The van der Waals surface area contributed by atoms with Gasteiger partial charge in [-0.25, -0.2) is 0 Å². The van der Waals surface area contributed by atoms with Crippen molar-refractivity contribution in [2.45, 2.75) is 5.92 Å². The quantitative estimate of drug-likeness (QED) is 0.509. The van der Waals surface area contributed by atoms with Gasteiger partial charge in [0, 0.05) is 35.8 Å². The zero-order valence-electron chi connectivity index (χ0n) is 15.0. The van der Waals surface area contributed by atoms with Crippen LogP contribution in [0.2, 0.25) is 0 Å². The van der Waals surface area contributed by atoms with Gasteiger partial charge in [-0.1, -0.05) is 42.5 Å². The number of para-hydroxylation sites is 1. The molecule has 1 atom stereocenters. The first kappa shape index (κ1) is 16.3. The number of ether oxygens (including phenoxy) is 1. The van der Waals surface area contributed by atoms with Crippen molar-refractivity contribution >= 4 is 16.6 Å². The molecule has 0 aliphatic carbocycles. The third-order valence-corrected chi connectivity index (χ3v) is 4.91. The highest BCUT2D eigenvalue weighted by Crippen LogP contribution is 2.37. The zero-order chi connectivity index (χ0) is 17.9. The molecule has 130 valence electrons. The topological polar surface area (TPSA) is 37.0 Å². The summed E-state index contributed by atoms with van der Waals surface area (Å²) >= 11 is 0.